The average Bonchev–Trinajstić information content (AvgIpc) is 2.47. The molecule has 1 unspecified atom stereocenters. The Labute approximate surface area is 134 Å². The molecule has 0 fully saturated rings. The van der Waals surface area contributed by atoms with E-state index in [-0.39, 0.29) is 18.7 Å². The number of carboxylic acid groups (broad SMARTS) is 1. The van der Waals surface area contributed by atoms with Crippen molar-refractivity contribution in [3.05, 3.63) is 35.1 Å². The Morgan fingerprint density at radius 2 is 1.91 bits per heavy atom. The van der Waals surface area contributed by atoms with Crippen LogP contribution in [0.1, 0.15) is 36.4 Å². The van der Waals surface area contributed by atoms with Crippen LogP contribution in [-0.4, -0.2) is 41.9 Å². The molecule has 2 N–H and O–H groups in total. The molecule has 0 aliphatic carbocycles. The van der Waals surface area contributed by atoms with Gasteiger partial charge in [-0.05, 0) is 30.5 Å². The highest BCUT2D eigenvalue weighted by molar-refractivity contribution is 5.85. The van der Waals surface area contributed by atoms with Crippen molar-refractivity contribution < 1.29 is 23.9 Å². The molecule has 1 rings (SSSR count). The lowest BCUT2D eigenvalue weighted by atomic mass is 10.0. The number of amides is 2. The summed E-state index contributed by atoms with van der Waals surface area (Å²) < 4.78 is 13.3. The zero-order valence-corrected chi connectivity index (χ0v) is 13.4. The molecular formula is C16H21FN2O4. The first-order valence-corrected chi connectivity index (χ1v) is 7.20. The molecule has 0 bridgehead atoms. The molecule has 0 aliphatic rings. The molecule has 2 amide bonds. The number of rotatable bonds is 7. The van der Waals surface area contributed by atoms with Crippen molar-refractivity contribution >= 4 is 17.8 Å². The van der Waals surface area contributed by atoms with E-state index in [1.54, 1.807) is 14.1 Å². The summed E-state index contributed by atoms with van der Waals surface area (Å²) in [4.78, 5) is 36.0. The summed E-state index contributed by atoms with van der Waals surface area (Å²) in [5.74, 6) is -2.23. The molecule has 6 nitrogen and oxygen atoms in total. The van der Waals surface area contributed by atoms with Crippen LogP contribution in [0.25, 0.3) is 0 Å². The third-order valence-corrected chi connectivity index (χ3v) is 3.36. The maximum Gasteiger partial charge on any atom is 0.330 e. The van der Waals surface area contributed by atoms with Crippen LogP contribution < -0.4 is 5.32 Å². The van der Waals surface area contributed by atoms with Crippen molar-refractivity contribution in [3.8, 4) is 0 Å². The van der Waals surface area contributed by atoms with E-state index in [0.29, 0.717) is 17.5 Å². The largest absolute Gasteiger partial charge is 0.479 e. The monoisotopic (exact) mass is 324 g/mol. The van der Waals surface area contributed by atoms with Gasteiger partial charge in [0.25, 0.3) is 0 Å². The number of benzene rings is 1. The number of nitrogens with one attached hydrogen (secondary N) is 1. The highest BCUT2D eigenvalue weighted by atomic mass is 19.1. The molecule has 1 atom stereocenters. The Morgan fingerprint density at radius 1 is 1.26 bits per heavy atom. The van der Waals surface area contributed by atoms with Crippen LogP contribution in [0.2, 0.25) is 0 Å². The molecule has 7 heteroatoms. The predicted octanol–water partition coefficient (Wildman–Crippen LogP) is 1.63. The number of hydrogen-bond acceptors (Lipinski definition) is 3. The first-order chi connectivity index (χ1) is 10.7. The maximum atomic E-state index is 13.3. The van der Waals surface area contributed by atoms with Crippen LogP contribution in [0.5, 0.6) is 0 Å². The second kappa shape index (κ2) is 8.26. The van der Waals surface area contributed by atoms with Crippen LogP contribution >= 0.6 is 0 Å². The summed E-state index contributed by atoms with van der Waals surface area (Å²) in [6.07, 6.45) is 0.592. The molecule has 0 aliphatic heterocycles. The summed E-state index contributed by atoms with van der Waals surface area (Å²) in [7, 11) is 3.25. The van der Waals surface area contributed by atoms with E-state index >= 15 is 0 Å². The normalized spacial score (nSPS) is 11.7. The lowest BCUT2D eigenvalue weighted by Gasteiger charge is -2.16. The molecule has 23 heavy (non-hydrogen) atoms. The van der Waals surface area contributed by atoms with Crippen molar-refractivity contribution in [2.45, 2.75) is 32.2 Å². The molecule has 1 aromatic rings. The molecule has 0 radical (unpaired) electrons. The Kier molecular flexibility index (Phi) is 6.68. The third kappa shape index (κ3) is 5.69. The molecule has 0 spiro atoms. The third-order valence-electron chi connectivity index (χ3n) is 3.36. The van der Waals surface area contributed by atoms with Gasteiger partial charge in [-0.25, -0.2) is 9.18 Å². The molecule has 0 heterocycles. The van der Waals surface area contributed by atoms with Crippen LogP contribution in [0.15, 0.2) is 18.2 Å². The number of halogens is 1. The van der Waals surface area contributed by atoms with Crippen molar-refractivity contribution in [3.63, 3.8) is 0 Å². The van der Waals surface area contributed by atoms with E-state index in [0.717, 1.165) is 0 Å². The summed E-state index contributed by atoms with van der Waals surface area (Å²) >= 11 is 0. The van der Waals surface area contributed by atoms with E-state index in [1.165, 1.54) is 30.0 Å². The van der Waals surface area contributed by atoms with E-state index in [4.69, 9.17) is 0 Å². The second-order valence-corrected chi connectivity index (χ2v) is 5.49. The number of nitrogens with zero attached hydrogens (tertiary/aromatic N) is 1. The van der Waals surface area contributed by atoms with Gasteiger partial charge in [0.05, 0.1) is 0 Å². The molecular weight excluding hydrogens is 303 g/mol. The van der Waals surface area contributed by atoms with E-state index < -0.39 is 23.7 Å². The SMILES string of the molecule is Cc1cc(C(NC(=O)CCCC(=O)N(C)C)C(=O)O)ccc1F. The van der Waals surface area contributed by atoms with Crippen molar-refractivity contribution in [1.82, 2.24) is 10.2 Å². The molecule has 0 saturated heterocycles. The van der Waals surface area contributed by atoms with Crippen LogP contribution in [0.3, 0.4) is 0 Å². The van der Waals surface area contributed by atoms with Crippen LogP contribution in [-0.2, 0) is 14.4 Å². The zero-order valence-electron chi connectivity index (χ0n) is 13.4. The van der Waals surface area contributed by atoms with Gasteiger partial charge in [-0.15, -0.1) is 0 Å². The van der Waals surface area contributed by atoms with Crippen LogP contribution in [0, 0.1) is 12.7 Å². The summed E-state index contributed by atoms with van der Waals surface area (Å²) in [5.41, 5.74) is 0.605. The topological polar surface area (TPSA) is 86.7 Å². The standard InChI is InChI=1S/C16H21FN2O4/c1-10-9-11(7-8-12(10)17)15(16(22)23)18-13(20)5-4-6-14(21)19(2)3/h7-9,15H,4-6H2,1-3H3,(H,18,20)(H,22,23). The number of carbonyl (C=O) groups is 3. The Balaban J connectivity index is 2.65. The summed E-state index contributed by atoms with van der Waals surface area (Å²) in [6, 6.07) is 2.65. The first-order valence-electron chi connectivity index (χ1n) is 7.20. The van der Waals surface area contributed by atoms with Crippen molar-refractivity contribution in [1.29, 1.82) is 0 Å². The average molecular weight is 324 g/mol. The number of aryl methyl sites for hydroxylation is 1. The van der Waals surface area contributed by atoms with Gasteiger partial charge in [-0.2, -0.15) is 0 Å². The minimum Gasteiger partial charge on any atom is -0.479 e. The number of carbonyl (C=O) groups excluding carboxylic acids is 2. The van der Waals surface area contributed by atoms with Gasteiger partial charge in [0, 0.05) is 26.9 Å². The van der Waals surface area contributed by atoms with Crippen molar-refractivity contribution in [2.75, 3.05) is 14.1 Å². The predicted molar refractivity (Wildman–Crippen MR) is 82.2 cm³/mol. The smallest absolute Gasteiger partial charge is 0.330 e. The van der Waals surface area contributed by atoms with Gasteiger partial charge < -0.3 is 15.3 Å². The van der Waals surface area contributed by atoms with E-state index in [9.17, 15) is 23.9 Å². The Bertz CT molecular complexity index is 602. The lowest BCUT2D eigenvalue weighted by molar-refractivity contribution is -0.142. The number of carboxylic acids is 1. The lowest BCUT2D eigenvalue weighted by Crippen LogP contribution is -2.33. The van der Waals surface area contributed by atoms with Crippen LogP contribution in [0.4, 0.5) is 4.39 Å². The van der Waals surface area contributed by atoms with Gasteiger partial charge in [0.15, 0.2) is 6.04 Å². The second-order valence-electron chi connectivity index (χ2n) is 5.49. The molecule has 0 saturated carbocycles. The minimum absolute atomic E-state index is 0.0452. The maximum absolute atomic E-state index is 13.3. The highest BCUT2D eigenvalue weighted by Gasteiger charge is 2.22. The fraction of sp³-hybridized carbons (Fsp3) is 0.438. The summed E-state index contributed by atoms with van der Waals surface area (Å²) in [5, 5.41) is 11.6. The van der Waals surface area contributed by atoms with E-state index in [1.807, 2.05) is 0 Å². The van der Waals surface area contributed by atoms with E-state index in [2.05, 4.69) is 5.32 Å². The first kappa shape index (κ1) is 18.6. The fourth-order valence-electron chi connectivity index (χ4n) is 1.99. The fourth-order valence-corrected chi connectivity index (χ4v) is 1.99. The minimum atomic E-state index is -1.24. The van der Waals surface area contributed by atoms with Gasteiger partial charge >= 0.3 is 5.97 Å². The van der Waals surface area contributed by atoms with Gasteiger partial charge in [0.1, 0.15) is 5.82 Å². The molecule has 126 valence electrons. The van der Waals surface area contributed by atoms with Gasteiger partial charge in [0.2, 0.25) is 11.8 Å². The highest BCUT2D eigenvalue weighted by Crippen LogP contribution is 2.17. The summed E-state index contributed by atoms with van der Waals surface area (Å²) in [6.45, 7) is 1.52. The quantitative estimate of drug-likeness (QED) is 0.798. The molecule has 1 aromatic carbocycles. The van der Waals surface area contributed by atoms with Crippen molar-refractivity contribution in [2.24, 2.45) is 0 Å². The Hall–Kier alpha value is -2.44. The number of hydrogen-bond donors (Lipinski definition) is 2. The Morgan fingerprint density at radius 3 is 2.43 bits per heavy atom. The number of aliphatic carboxylic acids is 1. The zero-order chi connectivity index (χ0) is 17.6. The van der Waals surface area contributed by atoms with Gasteiger partial charge in [-0.1, -0.05) is 12.1 Å². The molecule has 0 aromatic heterocycles. The van der Waals surface area contributed by atoms with Gasteiger partial charge in [-0.3, -0.25) is 9.59 Å².